The number of hydrogen-bond donors (Lipinski definition) is 2. The average molecular weight is 377 g/mol. The molecule has 3 N–H and O–H groups in total. The molecule has 0 atom stereocenters. The van der Waals surface area contributed by atoms with E-state index in [1.807, 2.05) is 20.8 Å². The van der Waals surface area contributed by atoms with Gasteiger partial charge in [-0.15, -0.1) is 0 Å². The van der Waals surface area contributed by atoms with E-state index in [0.717, 1.165) is 12.8 Å². The lowest BCUT2D eigenvalue weighted by atomic mass is 9.89. The van der Waals surface area contributed by atoms with Gasteiger partial charge in [-0.3, -0.25) is 14.4 Å². The lowest BCUT2D eigenvalue weighted by Gasteiger charge is -2.20. The van der Waals surface area contributed by atoms with Gasteiger partial charge < -0.3 is 20.5 Å². The second-order valence-electron chi connectivity index (χ2n) is 6.71. The van der Waals surface area contributed by atoms with E-state index in [2.05, 4.69) is 5.32 Å². The molecule has 2 amide bonds. The van der Waals surface area contributed by atoms with Crippen molar-refractivity contribution in [3.8, 4) is 0 Å². The monoisotopic (exact) mass is 376 g/mol. The van der Waals surface area contributed by atoms with Crippen molar-refractivity contribution in [2.75, 3.05) is 26.4 Å². The number of ketones is 1. The summed E-state index contributed by atoms with van der Waals surface area (Å²) >= 11 is 0. The standard InChI is InChI=1S/C14H25NO3.C5H11NO2.2H2/c1-2-13(16)8-10-18-11-9-15-14(17)12-6-4-3-5-7-12;1-4(2)8-3-5(6)7;;/h12H,2-11H2,1H3,(H,15,17);4H,3H2,1-2H3,(H2,6,7);2*1H. The molecule has 0 aromatic carbocycles. The van der Waals surface area contributed by atoms with Crippen LogP contribution in [-0.4, -0.2) is 50.1 Å². The zero-order chi connectivity index (χ0) is 19.8. The minimum Gasteiger partial charge on any atom is -0.379 e. The number of ether oxygens (including phenoxy) is 2. The van der Waals surface area contributed by atoms with Gasteiger partial charge in [0.1, 0.15) is 12.4 Å². The van der Waals surface area contributed by atoms with Gasteiger partial charge in [0.25, 0.3) is 0 Å². The highest BCUT2D eigenvalue weighted by Gasteiger charge is 2.20. The molecule has 0 unspecified atom stereocenters. The first-order chi connectivity index (χ1) is 12.4. The molecule has 1 rings (SSSR count). The van der Waals surface area contributed by atoms with Crippen LogP contribution in [0.4, 0.5) is 0 Å². The van der Waals surface area contributed by atoms with Crippen LogP contribution >= 0.6 is 0 Å². The van der Waals surface area contributed by atoms with Gasteiger partial charge in [-0.05, 0) is 26.7 Å². The predicted molar refractivity (Wildman–Crippen MR) is 105 cm³/mol. The largest absolute Gasteiger partial charge is 0.379 e. The van der Waals surface area contributed by atoms with Crippen LogP contribution in [0.3, 0.4) is 0 Å². The van der Waals surface area contributed by atoms with Crippen LogP contribution in [-0.2, 0) is 23.9 Å². The number of carbonyl (C=O) groups excluding carboxylic acids is 3. The molecular weight excluding hydrogens is 336 g/mol. The number of hydrogen-bond acceptors (Lipinski definition) is 5. The number of rotatable bonds is 11. The Morgan fingerprint density at radius 2 is 1.81 bits per heavy atom. The van der Waals surface area contributed by atoms with Gasteiger partial charge in [0.2, 0.25) is 11.8 Å². The average Bonchev–Trinajstić information content (AvgIpc) is 2.63. The fourth-order valence-corrected chi connectivity index (χ4v) is 2.47. The van der Waals surface area contributed by atoms with E-state index in [1.54, 1.807) is 0 Å². The highest BCUT2D eigenvalue weighted by molar-refractivity contribution is 5.78. The number of amides is 2. The molecular formula is C19H40N2O5. The van der Waals surface area contributed by atoms with Crippen molar-refractivity contribution in [2.45, 2.75) is 71.8 Å². The quantitative estimate of drug-likeness (QED) is 0.539. The molecule has 7 heteroatoms. The Morgan fingerprint density at radius 3 is 2.31 bits per heavy atom. The molecule has 7 nitrogen and oxygen atoms in total. The molecule has 156 valence electrons. The highest BCUT2D eigenvalue weighted by Crippen LogP contribution is 2.23. The summed E-state index contributed by atoms with van der Waals surface area (Å²) in [6.07, 6.45) is 6.80. The SMILES string of the molecule is CC(C)OCC(N)=O.CCC(=O)CCOCCNC(=O)C1CCCCC1.[HH].[HH]. The molecule has 1 fully saturated rings. The van der Waals surface area contributed by atoms with E-state index < -0.39 is 5.91 Å². The number of nitrogens with one attached hydrogen (secondary N) is 1. The van der Waals surface area contributed by atoms with E-state index in [1.165, 1.54) is 19.3 Å². The first kappa shape index (κ1) is 24.5. The molecule has 0 aromatic heterocycles. The predicted octanol–water partition coefficient (Wildman–Crippen LogP) is 2.46. The Kier molecular flexibility index (Phi) is 14.9. The van der Waals surface area contributed by atoms with Gasteiger partial charge in [-0.2, -0.15) is 0 Å². The van der Waals surface area contributed by atoms with Crippen molar-refractivity contribution >= 4 is 17.6 Å². The summed E-state index contributed by atoms with van der Waals surface area (Å²) in [7, 11) is 0. The third-order valence-corrected chi connectivity index (χ3v) is 4.00. The molecule has 0 spiro atoms. The van der Waals surface area contributed by atoms with Crippen molar-refractivity contribution in [1.82, 2.24) is 5.32 Å². The summed E-state index contributed by atoms with van der Waals surface area (Å²) in [5.74, 6) is 0.184. The summed E-state index contributed by atoms with van der Waals surface area (Å²) in [5, 5.41) is 2.91. The Morgan fingerprint density at radius 1 is 1.15 bits per heavy atom. The molecule has 0 aliphatic heterocycles. The maximum absolute atomic E-state index is 11.8. The van der Waals surface area contributed by atoms with Crippen LogP contribution in [0, 0.1) is 5.92 Å². The fraction of sp³-hybridized carbons (Fsp3) is 0.842. The van der Waals surface area contributed by atoms with Crippen LogP contribution in [0.1, 0.15) is 68.6 Å². The molecule has 1 aliphatic carbocycles. The normalized spacial score (nSPS) is 14.5. The number of nitrogens with two attached hydrogens (primary N) is 1. The molecule has 0 heterocycles. The van der Waals surface area contributed by atoms with Gasteiger partial charge in [-0.1, -0.05) is 26.2 Å². The Bertz CT molecular complexity index is 417. The van der Waals surface area contributed by atoms with Crippen LogP contribution in [0.15, 0.2) is 0 Å². The topological polar surface area (TPSA) is 108 Å². The maximum Gasteiger partial charge on any atom is 0.243 e. The number of Topliss-reactive ketones (excluding diaryl/α,β-unsaturated/α-hetero) is 1. The lowest BCUT2D eigenvalue weighted by Crippen LogP contribution is -2.34. The first-order valence-corrected chi connectivity index (χ1v) is 9.63. The van der Waals surface area contributed by atoms with Crippen LogP contribution in [0.25, 0.3) is 0 Å². The van der Waals surface area contributed by atoms with Crippen LogP contribution in [0.2, 0.25) is 0 Å². The number of primary amides is 1. The van der Waals surface area contributed by atoms with E-state index in [9.17, 15) is 14.4 Å². The smallest absolute Gasteiger partial charge is 0.243 e. The van der Waals surface area contributed by atoms with Crippen LogP contribution < -0.4 is 11.1 Å². The second-order valence-corrected chi connectivity index (χ2v) is 6.71. The van der Waals surface area contributed by atoms with Gasteiger partial charge in [0, 0.05) is 28.2 Å². The second kappa shape index (κ2) is 15.8. The van der Waals surface area contributed by atoms with Gasteiger partial charge in [0.05, 0.1) is 19.3 Å². The third kappa shape index (κ3) is 14.8. The minimum atomic E-state index is -0.418. The molecule has 0 bridgehead atoms. The summed E-state index contributed by atoms with van der Waals surface area (Å²) in [5.41, 5.74) is 4.78. The molecule has 0 saturated heterocycles. The zero-order valence-corrected chi connectivity index (χ0v) is 16.6. The fourth-order valence-electron chi connectivity index (χ4n) is 2.47. The Hall–Kier alpha value is -1.47. The van der Waals surface area contributed by atoms with Crippen molar-refractivity contribution < 1.29 is 26.7 Å². The third-order valence-electron chi connectivity index (χ3n) is 4.00. The number of carbonyl (C=O) groups is 3. The summed E-state index contributed by atoms with van der Waals surface area (Å²) < 4.78 is 10.1. The van der Waals surface area contributed by atoms with E-state index in [-0.39, 0.29) is 33.2 Å². The van der Waals surface area contributed by atoms with Crippen molar-refractivity contribution in [3.63, 3.8) is 0 Å². The van der Waals surface area contributed by atoms with E-state index in [4.69, 9.17) is 15.2 Å². The van der Waals surface area contributed by atoms with Gasteiger partial charge in [0.15, 0.2) is 0 Å². The van der Waals surface area contributed by atoms with Gasteiger partial charge >= 0.3 is 0 Å². The Balaban J connectivity index is -0.000000537. The minimum absolute atomic E-state index is 0. The molecule has 1 aliphatic rings. The van der Waals surface area contributed by atoms with E-state index in [0.29, 0.717) is 32.6 Å². The maximum atomic E-state index is 11.8. The Labute approximate surface area is 160 Å². The molecule has 0 aromatic rings. The summed E-state index contributed by atoms with van der Waals surface area (Å²) in [6.45, 7) is 7.09. The van der Waals surface area contributed by atoms with Gasteiger partial charge in [-0.25, -0.2) is 0 Å². The van der Waals surface area contributed by atoms with Crippen LogP contribution in [0.5, 0.6) is 0 Å². The van der Waals surface area contributed by atoms with Crippen molar-refractivity contribution in [1.29, 1.82) is 0 Å². The summed E-state index contributed by atoms with van der Waals surface area (Å²) in [4.78, 5) is 32.8. The van der Waals surface area contributed by atoms with Crippen molar-refractivity contribution in [2.24, 2.45) is 11.7 Å². The first-order valence-electron chi connectivity index (χ1n) is 9.63. The van der Waals surface area contributed by atoms with Crippen molar-refractivity contribution in [3.05, 3.63) is 0 Å². The van der Waals surface area contributed by atoms with E-state index >= 15 is 0 Å². The lowest BCUT2D eigenvalue weighted by molar-refractivity contribution is -0.126. The molecule has 0 radical (unpaired) electrons. The summed E-state index contributed by atoms with van der Waals surface area (Å²) in [6, 6.07) is 0. The molecule has 1 saturated carbocycles. The molecule has 26 heavy (non-hydrogen) atoms. The highest BCUT2D eigenvalue weighted by atomic mass is 16.5. The zero-order valence-electron chi connectivity index (χ0n) is 16.6.